The van der Waals surface area contributed by atoms with Crippen molar-refractivity contribution in [2.75, 3.05) is 6.61 Å². The highest BCUT2D eigenvalue weighted by Crippen LogP contribution is 2.30. The molecule has 5 nitrogen and oxygen atoms in total. The van der Waals surface area contributed by atoms with Gasteiger partial charge in [0.2, 0.25) is 0 Å². The summed E-state index contributed by atoms with van der Waals surface area (Å²) in [5.74, 6) is 0.966. The molecule has 6 heteroatoms. The molecule has 0 bridgehead atoms. The summed E-state index contributed by atoms with van der Waals surface area (Å²) >= 11 is 3.38. The Hall–Kier alpha value is -1.40. The topological polar surface area (TPSA) is 66.0 Å². The first-order valence-corrected chi connectivity index (χ1v) is 6.52. The van der Waals surface area contributed by atoms with Crippen LogP contribution in [0.1, 0.15) is 22.9 Å². The van der Waals surface area contributed by atoms with Gasteiger partial charge in [-0.25, -0.2) is 4.68 Å². The van der Waals surface area contributed by atoms with Crippen molar-refractivity contribution in [1.29, 1.82) is 0 Å². The number of halogens is 1. The number of nitrogens with two attached hydrogens (primary N) is 1. The average Bonchev–Trinajstić information content (AvgIpc) is 2.94. The van der Waals surface area contributed by atoms with E-state index in [2.05, 4.69) is 32.3 Å². The lowest BCUT2D eigenvalue weighted by Gasteiger charge is -2.13. The van der Waals surface area contributed by atoms with Gasteiger partial charge in [0.25, 0.3) is 0 Å². The van der Waals surface area contributed by atoms with Crippen LogP contribution >= 0.6 is 15.9 Å². The molecular weight excluding hydrogens is 296 g/mol. The maximum absolute atomic E-state index is 6.28. The van der Waals surface area contributed by atoms with Gasteiger partial charge in [0.1, 0.15) is 5.75 Å². The van der Waals surface area contributed by atoms with Crippen molar-refractivity contribution in [2.24, 2.45) is 12.8 Å². The molecule has 0 amide bonds. The van der Waals surface area contributed by atoms with E-state index in [1.165, 1.54) is 5.56 Å². The summed E-state index contributed by atoms with van der Waals surface area (Å²) in [5, 5.41) is 7.91. The number of aryl methyl sites for hydroxylation is 1. The molecule has 18 heavy (non-hydrogen) atoms. The number of aromatic nitrogens is 3. The number of fused-ring (bicyclic) bond motifs is 1. The molecule has 1 aliphatic heterocycles. The quantitative estimate of drug-likeness (QED) is 0.914. The molecule has 0 spiro atoms. The third-order valence-electron chi connectivity index (χ3n) is 3.19. The van der Waals surface area contributed by atoms with E-state index in [-0.39, 0.29) is 6.04 Å². The number of ether oxygens (including phenoxy) is 1. The highest BCUT2D eigenvalue weighted by molar-refractivity contribution is 9.10. The number of benzene rings is 1. The Morgan fingerprint density at radius 3 is 3.06 bits per heavy atom. The van der Waals surface area contributed by atoms with Crippen LogP contribution < -0.4 is 10.5 Å². The average molecular weight is 309 g/mol. The van der Waals surface area contributed by atoms with Gasteiger partial charge in [0.05, 0.1) is 18.3 Å². The van der Waals surface area contributed by atoms with Crippen LogP contribution in [0, 0.1) is 0 Å². The normalized spacial score (nSPS) is 15.3. The zero-order chi connectivity index (χ0) is 12.7. The zero-order valence-electron chi connectivity index (χ0n) is 9.93. The first-order valence-electron chi connectivity index (χ1n) is 5.73. The van der Waals surface area contributed by atoms with E-state index in [0.717, 1.165) is 30.0 Å². The van der Waals surface area contributed by atoms with Crippen molar-refractivity contribution in [3.63, 3.8) is 0 Å². The van der Waals surface area contributed by atoms with Crippen molar-refractivity contribution in [3.05, 3.63) is 39.6 Å². The molecule has 2 heterocycles. The van der Waals surface area contributed by atoms with Gasteiger partial charge in [-0.05, 0) is 33.1 Å². The fourth-order valence-electron chi connectivity index (χ4n) is 2.23. The van der Waals surface area contributed by atoms with Crippen LogP contribution in [-0.4, -0.2) is 21.6 Å². The van der Waals surface area contributed by atoms with E-state index < -0.39 is 0 Å². The molecule has 0 radical (unpaired) electrons. The van der Waals surface area contributed by atoms with Crippen molar-refractivity contribution >= 4 is 15.9 Å². The molecule has 2 N–H and O–H groups in total. The third kappa shape index (κ3) is 1.81. The van der Waals surface area contributed by atoms with Gasteiger partial charge in [-0.3, -0.25) is 0 Å². The predicted molar refractivity (Wildman–Crippen MR) is 70.4 cm³/mol. The summed E-state index contributed by atoms with van der Waals surface area (Å²) in [6.07, 6.45) is 0.945. The molecule has 0 saturated heterocycles. The van der Waals surface area contributed by atoms with Gasteiger partial charge in [-0.2, -0.15) is 0 Å². The summed E-state index contributed by atoms with van der Waals surface area (Å²) in [6, 6.07) is 5.83. The van der Waals surface area contributed by atoms with Gasteiger partial charge in [-0.1, -0.05) is 17.3 Å². The molecule has 0 saturated carbocycles. The van der Waals surface area contributed by atoms with E-state index in [4.69, 9.17) is 10.5 Å². The predicted octanol–water partition coefficient (Wildman–Crippen LogP) is 1.56. The number of hydrogen-bond donors (Lipinski definition) is 1. The minimum atomic E-state index is -0.245. The second-order valence-corrected chi connectivity index (χ2v) is 5.08. The van der Waals surface area contributed by atoms with Crippen LogP contribution in [0.3, 0.4) is 0 Å². The SMILES string of the molecule is Cn1nnc(Br)c1C(N)c1ccc2c(c1)CCO2. The Bertz CT molecular complexity index is 576. The molecule has 94 valence electrons. The van der Waals surface area contributed by atoms with Crippen LogP contribution in [0.15, 0.2) is 22.8 Å². The number of hydrogen-bond acceptors (Lipinski definition) is 4. The molecule has 1 aromatic carbocycles. The number of rotatable bonds is 2. The monoisotopic (exact) mass is 308 g/mol. The molecule has 0 aliphatic carbocycles. The van der Waals surface area contributed by atoms with E-state index in [0.29, 0.717) is 4.60 Å². The van der Waals surface area contributed by atoms with Gasteiger partial charge in [-0.15, -0.1) is 5.10 Å². The van der Waals surface area contributed by atoms with Crippen molar-refractivity contribution < 1.29 is 4.74 Å². The summed E-state index contributed by atoms with van der Waals surface area (Å²) < 4.78 is 7.87. The minimum Gasteiger partial charge on any atom is -0.493 e. The maximum atomic E-state index is 6.28. The molecule has 1 atom stereocenters. The standard InChI is InChI=1S/C12H13BrN4O/c1-17-11(12(13)15-16-17)10(14)8-2-3-9-7(6-8)4-5-18-9/h2-3,6,10H,4-5,14H2,1H3. The Balaban J connectivity index is 2.00. The molecule has 3 rings (SSSR count). The van der Waals surface area contributed by atoms with E-state index in [1.54, 1.807) is 4.68 Å². The lowest BCUT2D eigenvalue weighted by molar-refractivity contribution is 0.357. The van der Waals surface area contributed by atoms with Gasteiger partial charge in [0.15, 0.2) is 4.60 Å². The fourth-order valence-corrected chi connectivity index (χ4v) is 2.80. The second kappa shape index (κ2) is 4.37. The molecule has 1 unspecified atom stereocenters. The number of nitrogens with zero attached hydrogens (tertiary/aromatic N) is 3. The largest absolute Gasteiger partial charge is 0.493 e. The van der Waals surface area contributed by atoms with Gasteiger partial charge in [0, 0.05) is 13.5 Å². The van der Waals surface area contributed by atoms with Crippen molar-refractivity contribution in [2.45, 2.75) is 12.5 Å². The maximum Gasteiger partial charge on any atom is 0.153 e. The lowest BCUT2D eigenvalue weighted by Crippen LogP contribution is -2.16. The Morgan fingerprint density at radius 1 is 1.50 bits per heavy atom. The molecule has 1 aromatic heterocycles. The van der Waals surface area contributed by atoms with E-state index in [1.807, 2.05) is 19.2 Å². The zero-order valence-corrected chi connectivity index (χ0v) is 11.5. The van der Waals surface area contributed by atoms with Crippen LogP contribution in [0.25, 0.3) is 0 Å². The summed E-state index contributed by atoms with van der Waals surface area (Å²) in [7, 11) is 1.84. The fraction of sp³-hybridized carbons (Fsp3) is 0.333. The first kappa shape index (κ1) is 11.7. The third-order valence-corrected chi connectivity index (χ3v) is 3.76. The van der Waals surface area contributed by atoms with Gasteiger partial charge >= 0.3 is 0 Å². The Labute approximate surface area is 113 Å². The van der Waals surface area contributed by atoms with Crippen molar-refractivity contribution in [3.8, 4) is 5.75 Å². The molecular formula is C12H13BrN4O. The van der Waals surface area contributed by atoms with E-state index in [9.17, 15) is 0 Å². The van der Waals surface area contributed by atoms with Crippen LogP contribution in [-0.2, 0) is 13.5 Å². The smallest absolute Gasteiger partial charge is 0.153 e. The van der Waals surface area contributed by atoms with Crippen LogP contribution in [0.2, 0.25) is 0 Å². The summed E-state index contributed by atoms with van der Waals surface area (Å²) in [6.45, 7) is 0.755. The molecule has 1 aliphatic rings. The summed E-state index contributed by atoms with van der Waals surface area (Å²) in [4.78, 5) is 0. The highest BCUT2D eigenvalue weighted by Gasteiger charge is 2.20. The van der Waals surface area contributed by atoms with E-state index >= 15 is 0 Å². The Kier molecular flexibility index (Phi) is 2.83. The van der Waals surface area contributed by atoms with Crippen LogP contribution in [0.4, 0.5) is 0 Å². The van der Waals surface area contributed by atoms with Gasteiger partial charge < -0.3 is 10.5 Å². The molecule has 2 aromatic rings. The highest BCUT2D eigenvalue weighted by atomic mass is 79.9. The van der Waals surface area contributed by atoms with Crippen molar-refractivity contribution in [1.82, 2.24) is 15.0 Å². The minimum absolute atomic E-state index is 0.245. The summed E-state index contributed by atoms with van der Waals surface area (Å²) in [5.41, 5.74) is 9.42. The Morgan fingerprint density at radius 2 is 2.33 bits per heavy atom. The second-order valence-electron chi connectivity index (χ2n) is 4.33. The lowest BCUT2D eigenvalue weighted by atomic mass is 10.0. The first-order chi connectivity index (χ1) is 8.66. The molecule has 0 fully saturated rings. The van der Waals surface area contributed by atoms with Crippen LogP contribution in [0.5, 0.6) is 5.75 Å².